The SMILES string of the molecule is Cc1c(C2=C(c3ccc(Cl)cc3Cl)CCCc3ccccc32)ccc(C=C2CN(CCCF)C2)c1F. The van der Waals surface area contributed by atoms with E-state index in [1.165, 1.54) is 11.1 Å². The summed E-state index contributed by atoms with van der Waals surface area (Å²) in [5.41, 5.74) is 8.81. The minimum Gasteiger partial charge on any atom is -0.295 e. The van der Waals surface area contributed by atoms with Crippen LogP contribution in [0.5, 0.6) is 0 Å². The second-order valence-electron chi connectivity index (χ2n) is 9.69. The van der Waals surface area contributed by atoms with Crippen molar-refractivity contribution < 1.29 is 8.78 Å². The fourth-order valence-corrected chi connectivity index (χ4v) is 5.93. The molecule has 1 saturated heterocycles. The predicted molar refractivity (Wildman–Crippen MR) is 148 cm³/mol. The number of halogens is 4. The fraction of sp³-hybridized carbons (Fsp3) is 0.290. The molecule has 1 aliphatic carbocycles. The molecule has 3 aromatic rings. The molecule has 0 bridgehead atoms. The molecule has 0 saturated carbocycles. The maximum absolute atomic E-state index is 15.8. The highest BCUT2D eigenvalue weighted by atomic mass is 35.5. The van der Waals surface area contributed by atoms with Gasteiger partial charge < -0.3 is 0 Å². The number of likely N-dealkylation sites (tertiary alicyclic amines) is 1. The van der Waals surface area contributed by atoms with Crippen LogP contribution in [0.15, 0.2) is 60.2 Å². The first-order valence-electron chi connectivity index (χ1n) is 12.5. The Kier molecular flexibility index (Phi) is 7.62. The summed E-state index contributed by atoms with van der Waals surface area (Å²) in [6.45, 7) is 3.86. The molecular weight excluding hydrogens is 495 g/mol. The number of hydrogen-bond donors (Lipinski definition) is 0. The summed E-state index contributed by atoms with van der Waals surface area (Å²) in [5.74, 6) is -0.196. The molecule has 0 amide bonds. The molecule has 1 heterocycles. The van der Waals surface area contributed by atoms with Crippen LogP contribution in [0.3, 0.4) is 0 Å². The van der Waals surface area contributed by atoms with Crippen molar-refractivity contribution in [2.24, 2.45) is 0 Å². The van der Waals surface area contributed by atoms with Gasteiger partial charge in [0.1, 0.15) is 5.82 Å². The van der Waals surface area contributed by atoms with Crippen molar-refractivity contribution in [3.05, 3.63) is 109 Å². The van der Waals surface area contributed by atoms with E-state index in [2.05, 4.69) is 23.1 Å². The van der Waals surface area contributed by atoms with Crippen LogP contribution in [0.2, 0.25) is 10.0 Å². The van der Waals surface area contributed by atoms with Crippen LogP contribution in [0.1, 0.15) is 52.6 Å². The van der Waals surface area contributed by atoms with Gasteiger partial charge in [0.25, 0.3) is 0 Å². The molecular formula is C31H29Cl2F2N. The van der Waals surface area contributed by atoms with Gasteiger partial charge in [0.05, 0.1) is 6.67 Å². The van der Waals surface area contributed by atoms with Gasteiger partial charge in [-0.25, -0.2) is 4.39 Å². The van der Waals surface area contributed by atoms with Crippen molar-refractivity contribution in [1.29, 1.82) is 0 Å². The third kappa shape index (κ3) is 5.02. The first-order valence-corrected chi connectivity index (χ1v) is 13.3. The standard InChI is InChI=1S/C31H29Cl2F2N/c1-20-25(12-10-23(31(20)35)16-21-18-36(19-21)15-5-14-34)30-26-8-3-2-6-22(26)7-4-9-28(30)27-13-11-24(32)17-29(27)33/h2-3,6,8,10-13,16-17H,4-5,7,9,14-15,18-19H2,1H3. The monoisotopic (exact) mass is 523 g/mol. The minimum absolute atomic E-state index is 0.196. The highest BCUT2D eigenvalue weighted by molar-refractivity contribution is 6.36. The highest BCUT2D eigenvalue weighted by Crippen LogP contribution is 2.43. The molecule has 0 N–H and O–H groups in total. The molecule has 1 nitrogen and oxygen atoms in total. The molecule has 3 aromatic carbocycles. The maximum atomic E-state index is 15.8. The zero-order valence-electron chi connectivity index (χ0n) is 20.4. The van der Waals surface area contributed by atoms with Crippen molar-refractivity contribution >= 4 is 40.4 Å². The van der Waals surface area contributed by atoms with E-state index < -0.39 is 0 Å². The van der Waals surface area contributed by atoms with Crippen LogP contribution in [-0.2, 0) is 6.42 Å². The van der Waals surface area contributed by atoms with Gasteiger partial charge in [0.15, 0.2) is 0 Å². The first kappa shape index (κ1) is 25.2. The molecule has 0 spiro atoms. The van der Waals surface area contributed by atoms with Crippen molar-refractivity contribution in [2.45, 2.75) is 32.6 Å². The molecule has 0 radical (unpaired) electrons. The van der Waals surface area contributed by atoms with Crippen molar-refractivity contribution in [2.75, 3.05) is 26.3 Å². The van der Waals surface area contributed by atoms with E-state index >= 15 is 4.39 Å². The Bertz CT molecular complexity index is 1350. The number of fused-ring (bicyclic) bond motifs is 1. The summed E-state index contributed by atoms with van der Waals surface area (Å²) in [6, 6.07) is 18.0. The first-order chi connectivity index (χ1) is 17.5. The van der Waals surface area contributed by atoms with Crippen LogP contribution in [0, 0.1) is 12.7 Å². The van der Waals surface area contributed by atoms with Crippen LogP contribution in [0.25, 0.3) is 17.2 Å². The Labute approximate surface area is 222 Å². The van der Waals surface area contributed by atoms with Gasteiger partial charge in [-0.05, 0) is 89.3 Å². The van der Waals surface area contributed by atoms with Crippen LogP contribution in [-0.4, -0.2) is 31.2 Å². The molecule has 5 rings (SSSR count). The van der Waals surface area contributed by atoms with E-state index in [0.29, 0.717) is 27.6 Å². The Morgan fingerprint density at radius 3 is 2.50 bits per heavy atom. The zero-order valence-corrected chi connectivity index (χ0v) is 21.9. The third-order valence-corrected chi connectivity index (χ3v) is 7.77. The molecule has 0 atom stereocenters. The molecule has 186 valence electrons. The van der Waals surface area contributed by atoms with Crippen molar-refractivity contribution in [1.82, 2.24) is 4.90 Å². The van der Waals surface area contributed by atoms with Gasteiger partial charge in [-0.15, -0.1) is 0 Å². The van der Waals surface area contributed by atoms with Gasteiger partial charge in [-0.3, -0.25) is 9.29 Å². The number of benzene rings is 3. The lowest BCUT2D eigenvalue weighted by Gasteiger charge is -2.34. The number of alkyl halides is 1. The fourth-order valence-electron chi connectivity index (χ4n) is 5.41. The summed E-state index contributed by atoms with van der Waals surface area (Å²) < 4.78 is 28.2. The van der Waals surface area contributed by atoms with E-state index in [1.807, 2.05) is 43.3 Å². The van der Waals surface area contributed by atoms with E-state index in [-0.39, 0.29) is 12.5 Å². The summed E-state index contributed by atoms with van der Waals surface area (Å²) >= 11 is 12.9. The number of hydrogen-bond acceptors (Lipinski definition) is 1. The third-order valence-electron chi connectivity index (χ3n) is 7.22. The van der Waals surface area contributed by atoms with Gasteiger partial charge in [0.2, 0.25) is 0 Å². The Morgan fingerprint density at radius 2 is 1.72 bits per heavy atom. The average molecular weight is 524 g/mol. The second-order valence-corrected chi connectivity index (χ2v) is 10.5. The lowest BCUT2D eigenvalue weighted by molar-refractivity contribution is 0.239. The van der Waals surface area contributed by atoms with E-state index in [9.17, 15) is 4.39 Å². The van der Waals surface area contributed by atoms with E-state index in [1.54, 1.807) is 6.07 Å². The molecule has 5 heteroatoms. The minimum atomic E-state index is -0.299. The average Bonchev–Trinajstić information content (AvgIpc) is 3.03. The highest BCUT2D eigenvalue weighted by Gasteiger charge is 2.25. The predicted octanol–water partition coefficient (Wildman–Crippen LogP) is 8.79. The molecule has 0 aromatic heterocycles. The van der Waals surface area contributed by atoms with Gasteiger partial charge in [0, 0.05) is 35.2 Å². The summed E-state index contributed by atoms with van der Waals surface area (Å²) in [5, 5.41) is 1.20. The van der Waals surface area contributed by atoms with Gasteiger partial charge in [-0.2, -0.15) is 0 Å². The Morgan fingerprint density at radius 1 is 0.944 bits per heavy atom. The lowest BCUT2D eigenvalue weighted by Crippen LogP contribution is -2.40. The van der Waals surface area contributed by atoms with E-state index in [0.717, 1.165) is 66.7 Å². The quantitative estimate of drug-likeness (QED) is 0.312. The van der Waals surface area contributed by atoms with Crippen LogP contribution in [0.4, 0.5) is 8.78 Å². The van der Waals surface area contributed by atoms with Gasteiger partial charge >= 0.3 is 0 Å². The lowest BCUT2D eigenvalue weighted by atomic mass is 9.85. The number of allylic oxidation sites excluding steroid dienone is 1. The van der Waals surface area contributed by atoms with Gasteiger partial charge in [-0.1, -0.05) is 71.7 Å². The summed E-state index contributed by atoms with van der Waals surface area (Å²) in [4.78, 5) is 2.18. The normalized spacial score (nSPS) is 16.0. The summed E-state index contributed by atoms with van der Waals surface area (Å²) in [7, 11) is 0. The topological polar surface area (TPSA) is 3.24 Å². The maximum Gasteiger partial charge on any atom is 0.133 e. The number of rotatable bonds is 6. The molecule has 0 unspecified atom stereocenters. The molecule has 2 aliphatic rings. The number of aryl methyl sites for hydroxylation is 1. The van der Waals surface area contributed by atoms with Crippen molar-refractivity contribution in [3.8, 4) is 0 Å². The Hall–Kier alpha value is -2.46. The zero-order chi connectivity index (χ0) is 25.2. The largest absolute Gasteiger partial charge is 0.295 e. The Balaban J connectivity index is 1.61. The second kappa shape index (κ2) is 10.9. The summed E-state index contributed by atoms with van der Waals surface area (Å²) in [6.07, 6.45) is 5.28. The molecule has 1 fully saturated rings. The smallest absolute Gasteiger partial charge is 0.133 e. The van der Waals surface area contributed by atoms with Crippen LogP contribution >= 0.6 is 23.2 Å². The molecule has 1 aliphatic heterocycles. The van der Waals surface area contributed by atoms with Crippen LogP contribution < -0.4 is 0 Å². The molecule has 36 heavy (non-hydrogen) atoms. The number of nitrogens with zero attached hydrogens (tertiary/aromatic N) is 1. The van der Waals surface area contributed by atoms with E-state index in [4.69, 9.17) is 23.2 Å². The van der Waals surface area contributed by atoms with Crippen molar-refractivity contribution in [3.63, 3.8) is 0 Å².